The van der Waals surface area contributed by atoms with Crippen molar-refractivity contribution in [1.82, 2.24) is 9.80 Å². The number of rotatable bonds is 38. The van der Waals surface area contributed by atoms with Crippen LogP contribution in [0, 0.1) is 23.7 Å². The van der Waals surface area contributed by atoms with Gasteiger partial charge in [0.15, 0.2) is 0 Å². The predicted molar refractivity (Wildman–Crippen MR) is 430 cm³/mol. The summed E-state index contributed by atoms with van der Waals surface area (Å²) in [5, 5.41) is 4.11. The molecular formula is C86H108N6O6S4. The average Bonchev–Trinajstić information content (AvgIpc) is 1.72. The zero-order chi connectivity index (χ0) is 71.9. The summed E-state index contributed by atoms with van der Waals surface area (Å²) in [5.41, 5.74) is 11.4. The molecule has 4 atom stereocenters. The Hall–Kier alpha value is -6.98. The average molecular weight is 1450 g/mol. The van der Waals surface area contributed by atoms with Gasteiger partial charge in [0.2, 0.25) is 0 Å². The van der Waals surface area contributed by atoms with Crippen LogP contribution in [0.3, 0.4) is 0 Å². The Bertz CT molecular complexity index is 3930. The van der Waals surface area contributed by atoms with Gasteiger partial charge in [0.1, 0.15) is 0 Å². The van der Waals surface area contributed by atoms with E-state index in [2.05, 4.69) is 153 Å². The highest BCUT2D eigenvalue weighted by molar-refractivity contribution is 7.19. The van der Waals surface area contributed by atoms with Gasteiger partial charge in [0.25, 0.3) is 35.4 Å². The summed E-state index contributed by atoms with van der Waals surface area (Å²) < 4.78 is 0. The van der Waals surface area contributed by atoms with Crippen LogP contribution < -0.4 is 19.6 Å². The van der Waals surface area contributed by atoms with Gasteiger partial charge in [-0.3, -0.25) is 28.8 Å². The first-order valence-corrected chi connectivity index (χ1v) is 42.7. The van der Waals surface area contributed by atoms with E-state index in [1.807, 2.05) is 29.4 Å². The van der Waals surface area contributed by atoms with E-state index in [1.165, 1.54) is 0 Å². The molecule has 6 aromatic rings. The van der Waals surface area contributed by atoms with E-state index in [9.17, 15) is 0 Å². The van der Waals surface area contributed by atoms with Crippen molar-refractivity contribution in [2.24, 2.45) is 23.7 Å². The van der Waals surface area contributed by atoms with Gasteiger partial charge in [-0.25, -0.2) is 0 Å². The first-order chi connectivity index (χ1) is 49.7. The fourth-order valence-corrected chi connectivity index (χ4v) is 20.6. The molecule has 0 radical (unpaired) electrons. The molecule has 0 spiro atoms. The van der Waals surface area contributed by atoms with Gasteiger partial charge in [0, 0.05) is 49.0 Å². The number of carbonyl (C=O) groups is 6. The lowest BCUT2D eigenvalue weighted by atomic mass is 9.98. The highest BCUT2D eigenvalue weighted by Crippen LogP contribution is 2.56. The van der Waals surface area contributed by atoms with Gasteiger partial charge in [-0.15, -0.1) is 45.3 Å². The number of nitrogens with zero attached hydrogens (tertiary/aromatic N) is 6. The molecule has 2 aromatic carbocycles. The molecule has 0 saturated carbocycles. The third-order valence-corrected chi connectivity index (χ3v) is 26.8. The SMILES string of the molecule is CCCCCCN1C(=O)C2=C(c3ccc(-c4cc5c(s4)/C(=C4/C(=O)N(CC(CC)CCCC)c6ccsc64)C(=O)N5CC(CC)CCCC)cc3)N(CCCCCC)C(=O)C2=C1c1ccc(-c2cc3c(s2)/C(=C2/C(=O)N(CC(CC)CCCC)c4ccsc42)C(=O)N3CC(CC)CCCC)cc1. The first-order valence-electron chi connectivity index (χ1n) is 39.3. The van der Waals surface area contributed by atoms with Gasteiger partial charge >= 0.3 is 0 Å². The molecule has 12 nitrogen and oxygen atoms in total. The molecular weight excluding hydrogens is 1340 g/mol. The lowest BCUT2D eigenvalue weighted by molar-refractivity contribution is -0.124. The molecule has 0 aliphatic carbocycles. The molecule has 0 bridgehead atoms. The largest absolute Gasteiger partial charge is 0.307 e. The molecule has 0 N–H and O–H groups in total. The third-order valence-electron chi connectivity index (χ3n) is 22.6. The molecule has 16 heteroatoms. The molecule has 0 saturated heterocycles. The Morgan fingerprint density at radius 1 is 0.294 bits per heavy atom. The van der Waals surface area contributed by atoms with Crippen molar-refractivity contribution in [3.63, 3.8) is 0 Å². The van der Waals surface area contributed by atoms with E-state index in [-0.39, 0.29) is 35.4 Å². The minimum absolute atomic E-state index is 0.0743. The lowest BCUT2D eigenvalue weighted by Crippen LogP contribution is -2.34. The highest BCUT2D eigenvalue weighted by atomic mass is 32.1. The Kier molecular flexibility index (Phi) is 24.8. The lowest BCUT2D eigenvalue weighted by Gasteiger charge is -2.25. The van der Waals surface area contributed by atoms with E-state index in [0.29, 0.717) is 108 Å². The van der Waals surface area contributed by atoms with Gasteiger partial charge in [0.05, 0.1) is 87.1 Å². The zero-order valence-corrected chi connectivity index (χ0v) is 65.6. The summed E-state index contributed by atoms with van der Waals surface area (Å²) in [6.07, 6.45) is 24.5. The molecule has 4 aromatic heterocycles. The van der Waals surface area contributed by atoms with Crippen LogP contribution in [0.2, 0.25) is 0 Å². The summed E-state index contributed by atoms with van der Waals surface area (Å²) >= 11 is 6.26. The van der Waals surface area contributed by atoms with Crippen LogP contribution >= 0.6 is 45.3 Å². The van der Waals surface area contributed by atoms with Crippen LogP contribution in [0.25, 0.3) is 54.6 Å². The maximum Gasteiger partial charge on any atom is 0.261 e. The van der Waals surface area contributed by atoms with Gasteiger partial charge in [-0.05, 0) is 119 Å². The number of carbonyl (C=O) groups excluding carboxylic acids is 6. The Labute approximate surface area is 623 Å². The molecule has 12 rings (SSSR count). The minimum Gasteiger partial charge on any atom is -0.307 e. The molecule has 542 valence electrons. The van der Waals surface area contributed by atoms with E-state index in [1.54, 1.807) is 45.3 Å². The van der Waals surface area contributed by atoms with Crippen LogP contribution in [0.4, 0.5) is 22.7 Å². The molecule has 10 heterocycles. The molecule has 6 aliphatic rings. The molecule has 4 unspecified atom stereocenters. The number of amides is 6. The fraction of sp³-hybridized carbons (Fsp3) is 0.512. The van der Waals surface area contributed by atoms with Gasteiger partial charge < -0.3 is 29.4 Å². The monoisotopic (exact) mass is 1450 g/mol. The summed E-state index contributed by atoms with van der Waals surface area (Å²) in [7, 11) is 0. The molecule has 6 aliphatic heterocycles. The standard InChI is InChI=1S/C86H108N6O6S4/c1-11-21-27-29-45-87-75(61-39-35-59(36-40-61)67-49-65-79(101-67)73(85(97)91(65)53-57(19-9)33-25-15-5)71-77-63(43-47-99-77)89(83(71)95)51-55(17-7)31-23-13-3)69-70(81(87)93)76(88(82(69)94)46-30-28-22-12-2)62-41-37-60(38-42-62)68-50-66-80(102-68)74(86(98)92(66)54-58(20-10)34-26-16-6)72-78-64(44-48-100-78)90(84(72)96)52-56(18-8)32-24-14-4/h35-44,47-50,55-58H,11-34,45-46,51-54H2,1-10H3/b73-71-,74-72-. The van der Waals surface area contributed by atoms with Crippen molar-refractivity contribution in [3.8, 4) is 20.9 Å². The predicted octanol–water partition coefficient (Wildman–Crippen LogP) is 22.3. The number of anilines is 4. The van der Waals surface area contributed by atoms with Crippen molar-refractivity contribution >= 4 is 137 Å². The number of unbranched alkanes of at least 4 members (excludes halogenated alkanes) is 10. The maximum absolute atomic E-state index is 15.7. The van der Waals surface area contributed by atoms with E-state index in [4.69, 9.17) is 0 Å². The summed E-state index contributed by atoms with van der Waals surface area (Å²) in [6.45, 7) is 25.5. The maximum atomic E-state index is 15.7. The summed E-state index contributed by atoms with van der Waals surface area (Å²) in [4.78, 5) is 109. The van der Waals surface area contributed by atoms with Crippen molar-refractivity contribution in [2.45, 2.75) is 223 Å². The number of hydrogen-bond donors (Lipinski definition) is 0. The van der Waals surface area contributed by atoms with E-state index < -0.39 is 0 Å². The quantitative estimate of drug-likeness (QED) is 0.0281. The van der Waals surface area contributed by atoms with Crippen molar-refractivity contribution < 1.29 is 28.8 Å². The smallest absolute Gasteiger partial charge is 0.261 e. The van der Waals surface area contributed by atoms with E-state index >= 15 is 28.8 Å². The minimum atomic E-state index is -0.155. The Morgan fingerprint density at radius 3 is 0.882 bits per heavy atom. The highest BCUT2D eigenvalue weighted by Gasteiger charge is 2.50. The summed E-state index contributed by atoms with van der Waals surface area (Å²) in [5.74, 6) is 0.706. The van der Waals surface area contributed by atoms with Crippen molar-refractivity contribution in [2.75, 3.05) is 58.9 Å². The second kappa shape index (κ2) is 33.9. The molecule has 6 amide bonds. The van der Waals surface area contributed by atoms with Gasteiger partial charge in [-0.1, -0.05) is 233 Å². The second-order valence-corrected chi connectivity index (χ2v) is 33.3. The number of benzene rings is 2. The van der Waals surface area contributed by atoms with Crippen LogP contribution in [-0.4, -0.2) is 84.5 Å². The summed E-state index contributed by atoms with van der Waals surface area (Å²) in [6, 6.07) is 25.1. The second-order valence-electron chi connectivity index (χ2n) is 29.4. The zero-order valence-electron chi connectivity index (χ0n) is 62.4. The van der Waals surface area contributed by atoms with Crippen LogP contribution in [0.15, 0.2) is 94.7 Å². The first kappa shape index (κ1) is 74.7. The molecule has 102 heavy (non-hydrogen) atoms. The van der Waals surface area contributed by atoms with Crippen LogP contribution in [0.5, 0.6) is 0 Å². The van der Waals surface area contributed by atoms with Gasteiger partial charge in [-0.2, -0.15) is 0 Å². The van der Waals surface area contributed by atoms with E-state index in [0.717, 1.165) is 228 Å². The van der Waals surface area contributed by atoms with Crippen LogP contribution in [0.1, 0.15) is 254 Å². The Morgan fingerprint density at radius 2 is 0.578 bits per heavy atom. The number of fused-ring (bicyclic) bond motifs is 5. The van der Waals surface area contributed by atoms with Crippen molar-refractivity contribution in [3.05, 3.63) is 125 Å². The number of hydrogen-bond acceptors (Lipinski definition) is 10. The fourth-order valence-electron chi connectivity index (χ4n) is 16.3. The van der Waals surface area contributed by atoms with Crippen LogP contribution in [-0.2, 0) is 28.8 Å². The van der Waals surface area contributed by atoms with Crippen molar-refractivity contribution in [1.29, 1.82) is 0 Å². The molecule has 0 fully saturated rings. The Balaban J connectivity index is 0.919. The third kappa shape index (κ3) is 14.5. The topological polar surface area (TPSA) is 122 Å². The number of thiophene rings is 4. The normalized spacial score (nSPS) is 18.4.